The summed E-state index contributed by atoms with van der Waals surface area (Å²) in [4.78, 5) is 14.0. The Morgan fingerprint density at radius 1 is 1.28 bits per heavy atom. The molecule has 1 aromatic carbocycles. The van der Waals surface area contributed by atoms with Crippen molar-refractivity contribution in [3.05, 3.63) is 52.2 Å². The second-order valence-electron chi connectivity index (χ2n) is 4.11. The summed E-state index contributed by atoms with van der Waals surface area (Å²) in [6, 6.07) is 11.7. The van der Waals surface area contributed by atoms with Crippen LogP contribution in [0.5, 0.6) is 0 Å². The van der Waals surface area contributed by atoms with Crippen LogP contribution < -0.4 is 4.90 Å². The van der Waals surface area contributed by atoms with E-state index in [0.717, 1.165) is 5.69 Å². The highest BCUT2D eigenvalue weighted by molar-refractivity contribution is 7.10. The number of hydrogen-bond donors (Lipinski definition) is 1. The van der Waals surface area contributed by atoms with E-state index in [1.165, 1.54) is 10.4 Å². The molecule has 0 atom stereocenters. The molecule has 0 aliphatic rings. The summed E-state index contributed by atoms with van der Waals surface area (Å²) in [6.07, 6.45) is 0. The molecular weight excluding hydrogens is 246 g/mol. The zero-order chi connectivity index (χ0) is 13.0. The molecule has 0 unspecified atom stereocenters. The van der Waals surface area contributed by atoms with Crippen LogP contribution in [0.3, 0.4) is 0 Å². The van der Waals surface area contributed by atoms with Gasteiger partial charge in [0.25, 0.3) is 0 Å². The van der Waals surface area contributed by atoms with Gasteiger partial charge in [0.1, 0.15) is 6.54 Å². The lowest BCUT2D eigenvalue weighted by atomic mass is 10.2. The molecule has 1 heterocycles. The predicted molar refractivity (Wildman–Crippen MR) is 74.2 cm³/mol. The molecule has 0 bridgehead atoms. The van der Waals surface area contributed by atoms with Crippen molar-refractivity contribution in [1.29, 1.82) is 0 Å². The Hall–Kier alpha value is -1.81. The van der Waals surface area contributed by atoms with Crippen LogP contribution in [-0.2, 0) is 11.3 Å². The molecule has 0 spiro atoms. The summed E-state index contributed by atoms with van der Waals surface area (Å²) in [5, 5.41) is 11.0. The van der Waals surface area contributed by atoms with Gasteiger partial charge >= 0.3 is 5.97 Å². The van der Waals surface area contributed by atoms with Crippen molar-refractivity contribution in [2.45, 2.75) is 13.5 Å². The van der Waals surface area contributed by atoms with E-state index in [4.69, 9.17) is 5.11 Å². The highest BCUT2D eigenvalue weighted by atomic mass is 32.1. The first-order chi connectivity index (χ1) is 8.66. The van der Waals surface area contributed by atoms with E-state index in [-0.39, 0.29) is 6.54 Å². The maximum absolute atomic E-state index is 11.0. The number of thiophene rings is 1. The van der Waals surface area contributed by atoms with E-state index in [1.807, 2.05) is 40.6 Å². The second-order valence-corrected chi connectivity index (χ2v) is 5.11. The van der Waals surface area contributed by atoms with Crippen LogP contribution in [-0.4, -0.2) is 17.6 Å². The number of benzene rings is 1. The van der Waals surface area contributed by atoms with Crippen LogP contribution in [0.1, 0.15) is 10.4 Å². The van der Waals surface area contributed by atoms with E-state index in [0.29, 0.717) is 6.54 Å². The van der Waals surface area contributed by atoms with E-state index in [2.05, 4.69) is 13.0 Å². The third-order valence-corrected chi connectivity index (χ3v) is 3.76. The highest BCUT2D eigenvalue weighted by Gasteiger charge is 2.12. The largest absolute Gasteiger partial charge is 0.480 e. The summed E-state index contributed by atoms with van der Waals surface area (Å²) >= 11 is 1.67. The van der Waals surface area contributed by atoms with Crippen molar-refractivity contribution < 1.29 is 9.90 Å². The fraction of sp³-hybridized carbons (Fsp3) is 0.214. The summed E-state index contributed by atoms with van der Waals surface area (Å²) in [5.74, 6) is -0.812. The van der Waals surface area contributed by atoms with Crippen LogP contribution in [0.4, 0.5) is 5.69 Å². The Kier molecular flexibility index (Phi) is 3.99. The molecule has 0 saturated carbocycles. The lowest BCUT2D eigenvalue weighted by Crippen LogP contribution is -2.28. The molecule has 0 amide bonds. The quantitative estimate of drug-likeness (QED) is 0.898. The predicted octanol–water partition coefficient (Wildman–Crippen LogP) is 3.15. The second kappa shape index (κ2) is 5.69. The van der Waals surface area contributed by atoms with Crippen molar-refractivity contribution in [3.63, 3.8) is 0 Å². The number of carbonyl (C=O) groups is 1. The topological polar surface area (TPSA) is 40.5 Å². The Balaban J connectivity index is 2.21. The first kappa shape index (κ1) is 12.6. The molecule has 18 heavy (non-hydrogen) atoms. The Bertz CT molecular complexity index is 522. The van der Waals surface area contributed by atoms with E-state index < -0.39 is 5.97 Å². The van der Waals surface area contributed by atoms with Gasteiger partial charge in [0.15, 0.2) is 0 Å². The normalized spacial score (nSPS) is 10.3. The number of rotatable bonds is 5. The fourth-order valence-electron chi connectivity index (χ4n) is 1.78. The van der Waals surface area contributed by atoms with Crippen LogP contribution in [0.2, 0.25) is 0 Å². The third-order valence-electron chi connectivity index (χ3n) is 2.75. The van der Waals surface area contributed by atoms with Gasteiger partial charge in [-0.05, 0) is 36.1 Å². The lowest BCUT2D eigenvalue weighted by molar-refractivity contribution is -0.135. The molecule has 0 aliphatic carbocycles. The molecule has 1 aromatic heterocycles. The van der Waals surface area contributed by atoms with Gasteiger partial charge in [-0.3, -0.25) is 4.79 Å². The van der Waals surface area contributed by atoms with Crippen molar-refractivity contribution >= 4 is 23.0 Å². The molecular formula is C14H15NO2S. The SMILES string of the molecule is Cc1ccsc1CN(CC(=O)O)c1ccccc1. The number of para-hydroxylation sites is 1. The minimum Gasteiger partial charge on any atom is -0.480 e. The average molecular weight is 261 g/mol. The molecule has 0 fully saturated rings. The average Bonchev–Trinajstić information content (AvgIpc) is 2.75. The molecule has 94 valence electrons. The van der Waals surface area contributed by atoms with Gasteiger partial charge in [-0.15, -0.1) is 11.3 Å². The molecule has 1 N–H and O–H groups in total. The van der Waals surface area contributed by atoms with E-state index in [1.54, 1.807) is 11.3 Å². The zero-order valence-electron chi connectivity index (χ0n) is 10.2. The van der Waals surface area contributed by atoms with E-state index >= 15 is 0 Å². The summed E-state index contributed by atoms with van der Waals surface area (Å²) in [5.41, 5.74) is 2.15. The summed E-state index contributed by atoms with van der Waals surface area (Å²) in [6.45, 7) is 2.71. The number of carboxylic acids is 1. The molecule has 0 saturated heterocycles. The van der Waals surface area contributed by atoms with Crippen molar-refractivity contribution in [3.8, 4) is 0 Å². The van der Waals surface area contributed by atoms with Crippen LogP contribution in [0.25, 0.3) is 0 Å². The lowest BCUT2D eigenvalue weighted by Gasteiger charge is -2.22. The standard InChI is InChI=1S/C14H15NO2S/c1-11-7-8-18-13(11)9-15(10-14(16)17)12-5-3-2-4-6-12/h2-8H,9-10H2,1H3,(H,16,17). The number of hydrogen-bond acceptors (Lipinski definition) is 3. The van der Waals surface area contributed by atoms with Gasteiger partial charge in [-0.25, -0.2) is 0 Å². The van der Waals surface area contributed by atoms with Crippen LogP contribution in [0, 0.1) is 6.92 Å². The maximum atomic E-state index is 11.0. The third kappa shape index (κ3) is 3.11. The smallest absolute Gasteiger partial charge is 0.323 e. The van der Waals surface area contributed by atoms with Gasteiger partial charge < -0.3 is 10.0 Å². The Morgan fingerprint density at radius 3 is 2.56 bits per heavy atom. The molecule has 3 nitrogen and oxygen atoms in total. The number of nitrogens with zero attached hydrogens (tertiary/aromatic N) is 1. The minimum absolute atomic E-state index is 0.0152. The maximum Gasteiger partial charge on any atom is 0.323 e. The molecule has 2 rings (SSSR count). The molecule has 2 aromatic rings. The highest BCUT2D eigenvalue weighted by Crippen LogP contribution is 2.22. The van der Waals surface area contributed by atoms with Crippen molar-refractivity contribution in [2.24, 2.45) is 0 Å². The number of aliphatic carboxylic acids is 1. The van der Waals surface area contributed by atoms with Crippen LogP contribution >= 0.6 is 11.3 Å². The Morgan fingerprint density at radius 2 is 2.00 bits per heavy atom. The van der Waals surface area contributed by atoms with E-state index in [9.17, 15) is 4.79 Å². The zero-order valence-corrected chi connectivity index (χ0v) is 11.0. The summed E-state index contributed by atoms with van der Waals surface area (Å²) in [7, 11) is 0. The first-order valence-corrected chi connectivity index (χ1v) is 6.59. The fourth-order valence-corrected chi connectivity index (χ4v) is 2.70. The van der Waals surface area contributed by atoms with Crippen molar-refractivity contribution in [2.75, 3.05) is 11.4 Å². The number of anilines is 1. The first-order valence-electron chi connectivity index (χ1n) is 5.71. The number of carboxylic acid groups (broad SMARTS) is 1. The van der Waals surface area contributed by atoms with Gasteiger partial charge in [0.05, 0.1) is 6.54 Å². The molecule has 0 radical (unpaired) electrons. The van der Waals surface area contributed by atoms with Crippen LogP contribution in [0.15, 0.2) is 41.8 Å². The van der Waals surface area contributed by atoms with Gasteiger partial charge in [-0.1, -0.05) is 18.2 Å². The van der Waals surface area contributed by atoms with Gasteiger partial charge in [0, 0.05) is 10.6 Å². The van der Waals surface area contributed by atoms with Gasteiger partial charge in [0.2, 0.25) is 0 Å². The molecule has 4 heteroatoms. The summed E-state index contributed by atoms with van der Waals surface area (Å²) < 4.78 is 0. The van der Waals surface area contributed by atoms with Gasteiger partial charge in [-0.2, -0.15) is 0 Å². The minimum atomic E-state index is -0.812. The van der Waals surface area contributed by atoms with Crippen molar-refractivity contribution in [1.82, 2.24) is 0 Å². The molecule has 0 aliphatic heterocycles. The Labute approximate surface area is 110 Å². The number of aryl methyl sites for hydroxylation is 1. The monoisotopic (exact) mass is 261 g/mol.